The monoisotopic (exact) mass is 388 g/mol. The second-order valence-electron chi connectivity index (χ2n) is 6.76. The normalized spacial score (nSPS) is 17.7. The molecule has 0 bridgehead atoms. The standard InChI is InChI=1S/C20H24N2O4S/c1-14-6-4-7-16(12-14)21-20(23)18-8-5-11-22(18)27(24,25)19-13-17(26-3)10-9-15(19)2/h4,6-7,9-10,12-13,18H,5,8,11H2,1-3H3,(H,21,23)/t18-/m1/s1. The molecule has 27 heavy (non-hydrogen) atoms. The zero-order valence-corrected chi connectivity index (χ0v) is 16.5. The summed E-state index contributed by atoms with van der Waals surface area (Å²) in [6, 6.07) is 11.7. The Bertz CT molecular complexity index is 956. The van der Waals surface area contributed by atoms with Crippen molar-refractivity contribution < 1.29 is 17.9 Å². The number of nitrogens with one attached hydrogen (secondary N) is 1. The molecule has 2 aromatic carbocycles. The van der Waals surface area contributed by atoms with E-state index in [2.05, 4.69) is 5.32 Å². The Morgan fingerprint density at radius 3 is 2.67 bits per heavy atom. The lowest BCUT2D eigenvalue weighted by Crippen LogP contribution is -2.43. The molecule has 3 rings (SSSR count). The fraction of sp³-hybridized carbons (Fsp3) is 0.350. The molecule has 0 saturated carbocycles. The number of hydrogen-bond acceptors (Lipinski definition) is 4. The summed E-state index contributed by atoms with van der Waals surface area (Å²) >= 11 is 0. The second-order valence-corrected chi connectivity index (χ2v) is 8.62. The average molecular weight is 388 g/mol. The maximum absolute atomic E-state index is 13.2. The van der Waals surface area contributed by atoms with Crippen molar-refractivity contribution in [2.45, 2.75) is 37.6 Å². The molecule has 2 aromatic rings. The van der Waals surface area contributed by atoms with Gasteiger partial charge in [0.1, 0.15) is 11.8 Å². The van der Waals surface area contributed by atoms with Crippen molar-refractivity contribution in [1.29, 1.82) is 0 Å². The van der Waals surface area contributed by atoms with Crippen molar-refractivity contribution in [1.82, 2.24) is 4.31 Å². The Labute approximate surface area is 160 Å². The summed E-state index contributed by atoms with van der Waals surface area (Å²) < 4.78 is 32.9. The Balaban J connectivity index is 1.88. The summed E-state index contributed by atoms with van der Waals surface area (Å²) in [5.74, 6) is 0.168. The molecule has 1 N–H and O–H groups in total. The van der Waals surface area contributed by atoms with Crippen LogP contribution in [0.2, 0.25) is 0 Å². The largest absolute Gasteiger partial charge is 0.497 e. The predicted octanol–water partition coefficient (Wildman–Crippen LogP) is 3.10. The molecule has 0 radical (unpaired) electrons. The van der Waals surface area contributed by atoms with E-state index in [0.717, 1.165) is 5.56 Å². The number of sulfonamides is 1. The first-order valence-corrected chi connectivity index (χ1v) is 10.3. The summed E-state index contributed by atoms with van der Waals surface area (Å²) in [5.41, 5.74) is 2.32. The first-order chi connectivity index (χ1) is 12.8. The number of anilines is 1. The van der Waals surface area contributed by atoms with Crippen LogP contribution in [0.4, 0.5) is 5.69 Å². The number of aryl methyl sites for hydroxylation is 2. The van der Waals surface area contributed by atoms with E-state index in [9.17, 15) is 13.2 Å². The number of ether oxygens (including phenoxy) is 1. The van der Waals surface area contributed by atoms with Crippen molar-refractivity contribution in [2.24, 2.45) is 0 Å². The molecule has 0 spiro atoms. The van der Waals surface area contributed by atoms with E-state index < -0.39 is 16.1 Å². The summed E-state index contributed by atoms with van der Waals surface area (Å²) in [6.07, 6.45) is 1.15. The Morgan fingerprint density at radius 2 is 1.96 bits per heavy atom. The van der Waals surface area contributed by atoms with E-state index in [4.69, 9.17) is 4.74 Å². The van der Waals surface area contributed by atoms with Crippen LogP contribution in [-0.4, -0.2) is 38.3 Å². The molecule has 0 aromatic heterocycles. The summed E-state index contributed by atoms with van der Waals surface area (Å²) in [5, 5.41) is 2.85. The van der Waals surface area contributed by atoms with Gasteiger partial charge in [-0.15, -0.1) is 0 Å². The summed E-state index contributed by atoms with van der Waals surface area (Å²) in [6.45, 7) is 4.00. The van der Waals surface area contributed by atoms with Crippen molar-refractivity contribution in [3.8, 4) is 5.75 Å². The number of benzene rings is 2. The van der Waals surface area contributed by atoms with Crippen molar-refractivity contribution in [3.05, 3.63) is 53.6 Å². The molecule has 1 amide bonds. The van der Waals surface area contributed by atoms with Gasteiger partial charge < -0.3 is 10.1 Å². The fourth-order valence-electron chi connectivity index (χ4n) is 3.35. The molecule has 1 atom stereocenters. The second kappa shape index (κ2) is 7.70. The Morgan fingerprint density at radius 1 is 1.19 bits per heavy atom. The first kappa shape index (κ1) is 19.4. The van der Waals surface area contributed by atoms with E-state index in [1.165, 1.54) is 17.5 Å². The maximum atomic E-state index is 13.2. The van der Waals surface area contributed by atoms with Gasteiger partial charge in [0.25, 0.3) is 0 Å². The number of nitrogens with zero attached hydrogens (tertiary/aromatic N) is 1. The number of carbonyl (C=O) groups is 1. The van der Waals surface area contributed by atoms with Gasteiger partial charge in [0.2, 0.25) is 15.9 Å². The molecule has 1 fully saturated rings. The van der Waals surface area contributed by atoms with Crippen LogP contribution in [0.5, 0.6) is 5.75 Å². The summed E-state index contributed by atoms with van der Waals surface area (Å²) in [7, 11) is -2.31. The number of methoxy groups -OCH3 is 1. The van der Waals surface area contributed by atoms with E-state index in [1.807, 2.05) is 25.1 Å². The average Bonchev–Trinajstić information content (AvgIpc) is 3.13. The van der Waals surface area contributed by atoms with Gasteiger partial charge in [-0.2, -0.15) is 4.31 Å². The third-order valence-electron chi connectivity index (χ3n) is 4.77. The van der Waals surface area contributed by atoms with Gasteiger partial charge in [0.15, 0.2) is 0 Å². The Kier molecular flexibility index (Phi) is 5.53. The number of carbonyl (C=O) groups excluding carboxylic acids is 1. The van der Waals surface area contributed by atoms with Crippen molar-refractivity contribution in [3.63, 3.8) is 0 Å². The quantitative estimate of drug-likeness (QED) is 0.854. The van der Waals surface area contributed by atoms with Crippen LogP contribution in [0.25, 0.3) is 0 Å². The number of amides is 1. The molecule has 6 nitrogen and oxygen atoms in total. The highest BCUT2D eigenvalue weighted by molar-refractivity contribution is 7.89. The minimum absolute atomic E-state index is 0.178. The lowest BCUT2D eigenvalue weighted by Gasteiger charge is -2.24. The van der Waals surface area contributed by atoms with E-state index in [1.54, 1.807) is 25.1 Å². The van der Waals surface area contributed by atoms with Crippen LogP contribution >= 0.6 is 0 Å². The van der Waals surface area contributed by atoms with Crippen molar-refractivity contribution in [2.75, 3.05) is 19.0 Å². The third kappa shape index (κ3) is 3.99. The maximum Gasteiger partial charge on any atom is 0.244 e. The molecule has 0 aliphatic carbocycles. The highest BCUT2D eigenvalue weighted by Gasteiger charge is 2.40. The van der Waals surface area contributed by atoms with Crippen LogP contribution < -0.4 is 10.1 Å². The van der Waals surface area contributed by atoms with Gasteiger partial charge in [0.05, 0.1) is 12.0 Å². The number of hydrogen-bond donors (Lipinski definition) is 1. The van der Waals surface area contributed by atoms with Gasteiger partial charge >= 0.3 is 0 Å². The Hall–Kier alpha value is -2.38. The molecule has 0 unspecified atom stereocenters. The van der Waals surface area contributed by atoms with Gasteiger partial charge in [0, 0.05) is 18.3 Å². The molecule has 1 heterocycles. The van der Waals surface area contributed by atoms with E-state index in [0.29, 0.717) is 36.4 Å². The van der Waals surface area contributed by atoms with Crippen LogP contribution in [0.15, 0.2) is 47.4 Å². The van der Waals surface area contributed by atoms with Gasteiger partial charge in [-0.25, -0.2) is 8.42 Å². The topological polar surface area (TPSA) is 75.7 Å². The molecule has 7 heteroatoms. The van der Waals surface area contributed by atoms with Gasteiger partial charge in [-0.3, -0.25) is 4.79 Å². The van der Waals surface area contributed by atoms with Gasteiger partial charge in [-0.05, 0) is 56.0 Å². The minimum atomic E-state index is -3.80. The molecular formula is C20H24N2O4S. The third-order valence-corrected chi connectivity index (χ3v) is 6.82. The lowest BCUT2D eigenvalue weighted by atomic mass is 10.2. The van der Waals surface area contributed by atoms with Crippen LogP contribution in [-0.2, 0) is 14.8 Å². The highest BCUT2D eigenvalue weighted by atomic mass is 32.2. The zero-order chi connectivity index (χ0) is 19.6. The molecule has 144 valence electrons. The van der Waals surface area contributed by atoms with Crippen LogP contribution in [0.3, 0.4) is 0 Å². The van der Waals surface area contributed by atoms with Crippen LogP contribution in [0.1, 0.15) is 24.0 Å². The lowest BCUT2D eigenvalue weighted by molar-refractivity contribution is -0.119. The van der Waals surface area contributed by atoms with Gasteiger partial charge in [-0.1, -0.05) is 18.2 Å². The minimum Gasteiger partial charge on any atom is -0.497 e. The molecule has 1 aliphatic rings. The number of rotatable bonds is 5. The van der Waals surface area contributed by atoms with Crippen LogP contribution in [0, 0.1) is 13.8 Å². The molecular weight excluding hydrogens is 364 g/mol. The SMILES string of the molecule is COc1ccc(C)c(S(=O)(=O)N2CCC[C@@H]2C(=O)Nc2cccc(C)c2)c1. The highest BCUT2D eigenvalue weighted by Crippen LogP contribution is 2.30. The molecule has 1 saturated heterocycles. The van der Waals surface area contributed by atoms with E-state index in [-0.39, 0.29) is 10.8 Å². The molecule has 1 aliphatic heterocycles. The smallest absolute Gasteiger partial charge is 0.244 e. The first-order valence-electron chi connectivity index (χ1n) is 8.87. The van der Waals surface area contributed by atoms with E-state index >= 15 is 0 Å². The fourth-order valence-corrected chi connectivity index (χ4v) is 5.25. The van der Waals surface area contributed by atoms with Crippen molar-refractivity contribution >= 4 is 21.6 Å². The zero-order valence-electron chi connectivity index (χ0n) is 15.7. The summed E-state index contributed by atoms with van der Waals surface area (Å²) in [4.78, 5) is 13.0. The predicted molar refractivity (Wildman–Crippen MR) is 104 cm³/mol.